The van der Waals surface area contributed by atoms with Gasteiger partial charge in [-0.05, 0) is 19.4 Å². The largest absolute Gasteiger partial charge is 0.480 e. The minimum Gasteiger partial charge on any atom is -0.480 e. The molecule has 1 aliphatic heterocycles. The van der Waals surface area contributed by atoms with Crippen molar-refractivity contribution in [1.82, 2.24) is 5.32 Å². The molecule has 0 bridgehead atoms. The molecule has 1 fully saturated rings. The number of carboxylic acids is 1. The van der Waals surface area contributed by atoms with E-state index in [-0.39, 0.29) is 6.61 Å². The second-order valence-corrected chi connectivity index (χ2v) is 4.11. The maximum atomic E-state index is 10.9. The van der Waals surface area contributed by atoms with Crippen LogP contribution in [-0.2, 0) is 14.3 Å². The third kappa shape index (κ3) is 4.92. The zero-order valence-corrected chi connectivity index (χ0v) is 9.78. The Bertz CT molecular complexity index is 204. The molecule has 0 aromatic carbocycles. The first-order valence-electron chi connectivity index (χ1n) is 5.85. The van der Waals surface area contributed by atoms with Crippen LogP contribution in [0, 0.1) is 5.92 Å². The van der Waals surface area contributed by atoms with E-state index in [4.69, 9.17) is 14.6 Å². The Morgan fingerprint density at radius 2 is 2.50 bits per heavy atom. The molecule has 1 rings (SSSR count). The van der Waals surface area contributed by atoms with Crippen molar-refractivity contribution in [2.24, 2.45) is 5.92 Å². The van der Waals surface area contributed by atoms with Gasteiger partial charge in [0.15, 0.2) is 0 Å². The standard InChI is InChI=1S/C11H21NO4/c1-2-4-12-10(11(13)14)8-16-7-9-3-5-15-6-9/h9-10,12H,2-8H2,1H3,(H,13,14). The van der Waals surface area contributed by atoms with Crippen LogP contribution in [0.15, 0.2) is 0 Å². The van der Waals surface area contributed by atoms with Crippen LogP contribution in [0.2, 0.25) is 0 Å². The minimum absolute atomic E-state index is 0.228. The maximum absolute atomic E-state index is 10.9. The summed E-state index contributed by atoms with van der Waals surface area (Å²) >= 11 is 0. The number of rotatable bonds is 8. The molecule has 94 valence electrons. The van der Waals surface area contributed by atoms with Gasteiger partial charge in [-0.3, -0.25) is 4.79 Å². The first kappa shape index (κ1) is 13.4. The molecule has 2 atom stereocenters. The lowest BCUT2D eigenvalue weighted by atomic mass is 10.1. The van der Waals surface area contributed by atoms with E-state index in [9.17, 15) is 4.79 Å². The summed E-state index contributed by atoms with van der Waals surface area (Å²) in [6.07, 6.45) is 1.93. The van der Waals surface area contributed by atoms with Crippen molar-refractivity contribution in [2.75, 3.05) is 33.0 Å². The molecule has 5 heteroatoms. The van der Waals surface area contributed by atoms with Crippen LogP contribution < -0.4 is 5.32 Å². The normalized spacial score (nSPS) is 22.2. The summed E-state index contributed by atoms with van der Waals surface area (Å²) in [5.41, 5.74) is 0. The average molecular weight is 231 g/mol. The molecule has 2 unspecified atom stereocenters. The van der Waals surface area contributed by atoms with Crippen LogP contribution in [-0.4, -0.2) is 50.1 Å². The molecule has 0 aromatic rings. The molecule has 0 spiro atoms. The van der Waals surface area contributed by atoms with Gasteiger partial charge < -0.3 is 19.9 Å². The van der Waals surface area contributed by atoms with Gasteiger partial charge in [0, 0.05) is 12.5 Å². The minimum atomic E-state index is -0.851. The molecule has 2 N–H and O–H groups in total. The predicted octanol–water partition coefficient (Wildman–Crippen LogP) is 0.492. The smallest absolute Gasteiger partial charge is 0.323 e. The Hall–Kier alpha value is -0.650. The summed E-state index contributed by atoms with van der Waals surface area (Å²) in [6.45, 7) is 5.06. The number of aliphatic carboxylic acids is 1. The van der Waals surface area contributed by atoms with E-state index in [1.807, 2.05) is 6.92 Å². The van der Waals surface area contributed by atoms with E-state index >= 15 is 0 Å². The van der Waals surface area contributed by atoms with Crippen LogP contribution in [0.5, 0.6) is 0 Å². The molecule has 0 aromatic heterocycles. The first-order chi connectivity index (χ1) is 7.74. The fraction of sp³-hybridized carbons (Fsp3) is 0.909. The topological polar surface area (TPSA) is 67.8 Å². The van der Waals surface area contributed by atoms with E-state index in [0.717, 1.165) is 26.1 Å². The summed E-state index contributed by atoms with van der Waals surface area (Å²) in [4.78, 5) is 10.9. The fourth-order valence-electron chi connectivity index (χ4n) is 1.60. The van der Waals surface area contributed by atoms with Crippen molar-refractivity contribution in [3.63, 3.8) is 0 Å². The van der Waals surface area contributed by atoms with Gasteiger partial charge in [-0.2, -0.15) is 0 Å². The number of nitrogens with one attached hydrogen (secondary N) is 1. The van der Waals surface area contributed by atoms with Gasteiger partial charge in [0.1, 0.15) is 6.04 Å². The lowest BCUT2D eigenvalue weighted by Gasteiger charge is -2.15. The summed E-state index contributed by atoms with van der Waals surface area (Å²) in [6, 6.07) is -0.595. The van der Waals surface area contributed by atoms with Crippen molar-refractivity contribution in [1.29, 1.82) is 0 Å². The third-order valence-electron chi connectivity index (χ3n) is 2.60. The van der Waals surface area contributed by atoms with Gasteiger partial charge in [-0.25, -0.2) is 0 Å². The molecule has 0 radical (unpaired) electrons. The zero-order chi connectivity index (χ0) is 11.8. The van der Waals surface area contributed by atoms with Crippen LogP contribution in [0.1, 0.15) is 19.8 Å². The van der Waals surface area contributed by atoms with Gasteiger partial charge in [-0.1, -0.05) is 6.92 Å². The van der Waals surface area contributed by atoms with Gasteiger partial charge in [0.2, 0.25) is 0 Å². The number of carbonyl (C=O) groups is 1. The van der Waals surface area contributed by atoms with Crippen molar-refractivity contribution < 1.29 is 19.4 Å². The number of carboxylic acid groups (broad SMARTS) is 1. The van der Waals surface area contributed by atoms with Crippen LogP contribution >= 0.6 is 0 Å². The fourth-order valence-corrected chi connectivity index (χ4v) is 1.60. The van der Waals surface area contributed by atoms with Crippen molar-refractivity contribution in [3.8, 4) is 0 Å². The van der Waals surface area contributed by atoms with Crippen LogP contribution in [0.25, 0.3) is 0 Å². The highest BCUT2D eigenvalue weighted by Gasteiger charge is 2.19. The summed E-state index contributed by atoms with van der Waals surface area (Å²) in [7, 11) is 0. The Kier molecular flexibility index (Phi) is 6.37. The molecule has 5 nitrogen and oxygen atoms in total. The number of hydrogen-bond donors (Lipinski definition) is 2. The van der Waals surface area contributed by atoms with Crippen LogP contribution in [0.4, 0.5) is 0 Å². The number of ether oxygens (including phenoxy) is 2. The predicted molar refractivity (Wildman–Crippen MR) is 59.5 cm³/mol. The quantitative estimate of drug-likeness (QED) is 0.636. The number of hydrogen-bond acceptors (Lipinski definition) is 4. The first-order valence-corrected chi connectivity index (χ1v) is 5.85. The molecular weight excluding hydrogens is 210 g/mol. The van der Waals surface area contributed by atoms with E-state index in [1.165, 1.54) is 0 Å². The molecule has 16 heavy (non-hydrogen) atoms. The van der Waals surface area contributed by atoms with Gasteiger partial charge >= 0.3 is 5.97 Å². The molecule has 0 saturated carbocycles. The highest BCUT2D eigenvalue weighted by molar-refractivity contribution is 5.73. The van der Waals surface area contributed by atoms with Gasteiger partial charge in [-0.15, -0.1) is 0 Å². The SMILES string of the molecule is CCCNC(COCC1CCOC1)C(=O)O. The molecule has 1 heterocycles. The van der Waals surface area contributed by atoms with Gasteiger partial charge in [0.25, 0.3) is 0 Å². The lowest BCUT2D eigenvalue weighted by molar-refractivity contribution is -0.141. The molecule has 1 saturated heterocycles. The Morgan fingerprint density at radius 3 is 3.06 bits per heavy atom. The third-order valence-corrected chi connectivity index (χ3v) is 2.60. The van der Waals surface area contributed by atoms with E-state index in [1.54, 1.807) is 0 Å². The highest BCUT2D eigenvalue weighted by atomic mass is 16.5. The Morgan fingerprint density at radius 1 is 1.69 bits per heavy atom. The Balaban J connectivity index is 2.13. The van der Waals surface area contributed by atoms with Gasteiger partial charge in [0.05, 0.1) is 19.8 Å². The van der Waals surface area contributed by atoms with E-state index in [2.05, 4.69) is 5.32 Å². The summed E-state index contributed by atoms with van der Waals surface area (Å²) < 4.78 is 10.6. The zero-order valence-electron chi connectivity index (χ0n) is 9.78. The maximum Gasteiger partial charge on any atom is 0.323 e. The van der Waals surface area contributed by atoms with Crippen LogP contribution in [0.3, 0.4) is 0 Å². The second-order valence-electron chi connectivity index (χ2n) is 4.11. The summed E-state index contributed by atoms with van der Waals surface area (Å²) in [5, 5.41) is 11.9. The van der Waals surface area contributed by atoms with E-state index < -0.39 is 12.0 Å². The lowest BCUT2D eigenvalue weighted by Crippen LogP contribution is -2.41. The van der Waals surface area contributed by atoms with E-state index in [0.29, 0.717) is 19.1 Å². The monoisotopic (exact) mass is 231 g/mol. The highest BCUT2D eigenvalue weighted by Crippen LogP contribution is 2.12. The van der Waals surface area contributed by atoms with Crippen molar-refractivity contribution >= 4 is 5.97 Å². The average Bonchev–Trinajstić information content (AvgIpc) is 2.75. The second kappa shape index (κ2) is 7.60. The molecule has 1 aliphatic rings. The molecule has 0 aliphatic carbocycles. The summed E-state index contributed by atoms with van der Waals surface area (Å²) in [5.74, 6) is -0.420. The Labute approximate surface area is 96.1 Å². The van der Waals surface area contributed by atoms with Crippen molar-refractivity contribution in [3.05, 3.63) is 0 Å². The van der Waals surface area contributed by atoms with Crippen molar-refractivity contribution in [2.45, 2.75) is 25.8 Å². The molecular formula is C11H21NO4. The molecule has 0 amide bonds.